The molecule has 4 heteroatoms. The van der Waals surface area contributed by atoms with Crippen LogP contribution in [0, 0.1) is 5.92 Å². The third-order valence-corrected chi connectivity index (χ3v) is 5.03. The fourth-order valence-electron chi connectivity index (χ4n) is 3.82. The fourth-order valence-corrected chi connectivity index (χ4v) is 3.82. The molecule has 0 N–H and O–H groups in total. The van der Waals surface area contributed by atoms with Crippen LogP contribution in [-0.2, 0) is 9.53 Å². The van der Waals surface area contributed by atoms with Gasteiger partial charge in [-0.3, -0.25) is 4.79 Å². The van der Waals surface area contributed by atoms with Gasteiger partial charge in [-0.2, -0.15) is 10.1 Å². The monoisotopic (exact) mass is 284 g/mol. The van der Waals surface area contributed by atoms with Crippen molar-refractivity contribution in [2.45, 2.75) is 50.7 Å². The first-order valence-electron chi connectivity index (χ1n) is 7.86. The van der Waals surface area contributed by atoms with Gasteiger partial charge in [-0.05, 0) is 37.8 Å². The Morgan fingerprint density at radius 1 is 1.19 bits per heavy atom. The summed E-state index contributed by atoms with van der Waals surface area (Å²) in [4.78, 5) is 12.8. The molecule has 3 aliphatic rings. The number of para-hydroxylation sites is 1. The van der Waals surface area contributed by atoms with Crippen molar-refractivity contribution < 1.29 is 9.53 Å². The molecule has 2 heterocycles. The zero-order chi connectivity index (χ0) is 14.4. The van der Waals surface area contributed by atoms with Crippen molar-refractivity contribution in [1.29, 1.82) is 0 Å². The number of hydrogen-bond acceptors (Lipinski definition) is 3. The minimum Gasteiger partial charge on any atom is -0.349 e. The smallest absolute Gasteiger partial charge is 0.288 e. The molecule has 2 aliphatic heterocycles. The number of carbonyl (C=O) groups is 1. The van der Waals surface area contributed by atoms with Gasteiger partial charge in [-0.15, -0.1) is 0 Å². The van der Waals surface area contributed by atoms with Crippen LogP contribution in [0.3, 0.4) is 0 Å². The van der Waals surface area contributed by atoms with E-state index in [2.05, 4.69) is 5.10 Å². The van der Waals surface area contributed by atoms with Gasteiger partial charge in [0.2, 0.25) is 5.60 Å². The second-order valence-corrected chi connectivity index (χ2v) is 6.31. The van der Waals surface area contributed by atoms with Crippen LogP contribution in [-0.4, -0.2) is 23.3 Å². The number of benzene rings is 1. The predicted molar refractivity (Wildman–Crippen MR) is 81.2 cm³/mol. The van der Waals surface area contributed by atoms with Crippen molar-refractivity contribution in [2.24, 2.45) is 11.0 Å². The van der Waals surface area contributed by atoms with Gasteiger partial charge in [0.25, 0.3) is 5.91 Å². The maximum atomic E-state index is 12.8. The van der Waals surface area contributed by atoms with E-state index in [4.69, 9.17) is 4.74 Å². The van der Waals surface area contributed by atoms with E-state index in [0.29, 0.717) is 5.92 Å². The van der Waals surface area contributed by atoms with Crippen LogP contribution < -0.4 is 5.01 Å². The fraction of sp³-hybridized carbons (Fsp3) is 0.529. The van der Waals surface area contributed by atoms with Gasteiger partial charge in [-0.1, -0.05) is 37.5 Å². The molecule has 1 aromatic rings. The van der Waals surface area contributed by atoms with E-state index in [1.54, 1.807) is 0 Å². The van der Waals surface area contributed by atoms with Crippen LogP contribution >= 0.6 is 0 Å². The van der Waals surface area contributed by atoms with Crippen LogP contribution in [0.5, 0.6) is 0 Å². The molecule has 0 bridgehead atoms. The number of amides is 1. The molecule has 1 aromatic carbocycles. The summed E-state index contributed by atoms with van der Waals surface area (Å²) in [6.07, 6.45) is 6.23. The maximum Gasteiger partial charge on any atom is 0.288 e. The Balaban J connectivity index is 1.59. The quantitative estimate of drug-likeness (QED) is 0.783. The van der Waals surface area contributed by atoms with Crippen molar-refractivity contribution in [3.63, 3.8) is 0 Å². The molecule has 21 heavy (non-hydrogen) atoms. The third-order valence-electron chi connectivity index (χ3n) is 5.03. The summed E-state index contributed by atoms with van der Waals surface area (Å²) >= 11 is 0. The first-order valence-corrected chi connectivity index (χ1v) is 7.86. The zero-order valence-corrected chi connectivity index (χ0v) is 12.3. The number of nitrogens with zero attached hydrogens (tertiary/aromatic N) is 2. The largest absolute Gasteiger partial charge is 0.349 e. The number of ether oxygens (including phenoxy) is 1. The van der Waals surface area contributed by atoms with Crippen LogP contribution in [0.25, 0.3) is 0 Å². The van der Waals surface area contributed by atoms with Gasteiger partial charge in [0, 0.05) is 0 Å². The molecule has 0 unspecified atom stereocenters. The average molecular weight is 284 g/mol. The number of hydrogen-bond donors (Lipinski definition) is 0. The molecular weight excluding hydrogens is 264 g/mol. The summed E-state index contributed by atoms with van der Waals surface area (Å²) in [5.41, 5.74) is 0.876. The van der Waals surface area contributed by atoms with Crippen molar-refractivity contribution >= 4 is 17.3 Å². The maximum absolute atomic E-state index is 12.8. The highest BCUT2D eigenvalue weighted by Crippen LogP contribution is 2.51. The highest BCUT2D eigenvalue weighted by Gasteiger charge is 2.71. The lowest BCUT2D eigenvalue weighted by Crippen LogP contribution is -2.38. The molecule has 110 valence electrons. The molecule has 0 radical (unpaired) electrons. The third kappa shape index (κ3) is 1.85. The summed E-state index contributed by atoms with van der Waals surface area (Å²) in [6.45, 7) is 1.92. The summed E-state index contributed by atoms with van der Waals surface area (Å²) in [7, 11) is 0. The highest BCUT2D eigenvalue weighted by atomic mass is 16.6. The van der Waals surface area contributed by atoms with Gasteiger partial charge in [0.05, 0.1) is 11.4 Å². The molecule has 0 aromatic heterocycles. The zero-order valence-electron chi connectivity index (χ0n) is 12.3. The van der Waals surface area contributed by atoms with Crippen molar-refractivity contribution in [2.75, 3.05) is 5.01 Å². The van der Waals surface area contributed by atoms with Gasteiger partial charge < -0.3 is 4.74 Å². The highest BCUT2D eigenvalue weighted by molar-refractivity contribution is 6.24. The molecule has 1 aliphatic carbocycles. The minimum atomic E-state index is -0.752. The lowest BCUT2D eigenvalue weighted by Gasteiger charge is -2.20. The lowest BCUT2D eigenvalue weighted by atomic mass is 9.81. The number of carbonyl (C=O) groups excluding carboxylic acids is 1. The summed E-state index contributed by atoms with van der Waals surface area (Å²) < 4.78 is 5.96. The van der Waals surface area contributed by atoms with Crippen molar-refractivity contribution in [1.82, 2.24) is 0 Å². The molecule has 2 fully saturated rings. The van der Waals surface area contributed by atoms with Crippen molar-refractivity contribution in [3.05, 3.63) is 30.3 Å². The van der Waals surface area contributed by atoms with E-state index < -0.39 is 5.60 Å². The van der Waals surface area contributed by atoms with Crippen LogP contribution in [0.4, 0.5) is 5.69 Å². The van der Waals surface area contributed by atoms with Gasteiger partial charge >= 0.3 is 0 Å². The molecule has 1 saturated heterocycles. The minimum absolute atomic E-state index is 0.0122. The van der Waals surface area contributed by atoms with E-state index in [9.17, 15) is 4.79 Å². The average Bonchev–Trinajstić information content (AvgIpc) is 3.25. The van der Waals surface area contributed by atoms with E-state index in [0.717, 1.165) is 11.4 Å². The summed E-state index contributed by atoms with van der Waals surface area (Å²) in [5.74, 6) is 0.505. The molecule has 2 atom stereocenters. The lowest BCUT2D eigenvalue weighted by molar-refractivity contribution is -0.120. The Morgan fingerprint density at radius 3 is 2.62 bits per heavy atom. The molecular formula is C17H20N2O2. The topological polar surface area (TPSA) is 45.2 Å². The summed E-state index contributed by atoms with van der Waals surface area (Å²) in [6, 6.07) is 9.60. The SMILES string of the molecule is CC1=NN(c2ccccc2)C(=O)[C@]12O[C@H]2C1CCCCC1. The Morgan fingerprint density at radius 2 is 1.90 bits per heavy atom. The van der Waals surface area contributed by atoms with Crippen molar-refractivity contribution in [3.8, 4) is 0 Å². The Labute approximate surface area is 124 Å². The predicted octanol–water partition coefficient (Wildman–Crippen LogP) is 3.13. The van der Waals surface area contributed by atoms with E-state index >= 15 is 0 Å². The second kappa shape index (κ2) is 4.67. The first kappa shape index (κ1) is 13.0. The number of anilines is 1. The first-order chi connectivity index (χ1) is 10.2. The van der Waals surface area contributed by atoms with Gasteiger partial charge in [0.1, 0.15) is 6.10 Å². The summed E-state index contributed by atoms with van der Waals surface area (Å²) in [5, 5.41) is 5.99. The molecule has 4 nitrogen and oxygen atoms in total. The molecule has 1 spiro atoms. The number of hydrazone groups is 1. The number of rotatable bonds is 2. The standard InChI is InChI=1S/C17H20N2O2/c1-12-17(15(21-17)13-8-4-2-5-9-13)16(20)19(18-12)14-10-6-3-7-11-14/h3,6-7,10-11,13,15H,2,4-5,8-9H2,1H3/t15-,17-/m0/s1. The van der Waals surface area contributed by atoms with Gasteiger partial charge in [-0.25, -0.2) is 0 Å². The van der Waals surface area contributed by atoms with E-state index in [1.807, 2.05) is 37.3 Å². The number of epoxide rings is 1. The second-order valence-electron chi connectivity index (χ2n) is 6.31. The Hall–Kier alpha value is -1.68. The Kier molecular flexibility index (Phi) is 2.89. The molecule has 1 saturated carbocycles. The van der Waals surface area contributed by atoms with Crippen LogP contribution in [0.2, 0.25) is 0 Å². The van der Waals surface area contributed by atoms with Crippen LogP contribution in [0.1, 0.15) is 39.0 Å². The Bertz CT molecular complexity index is 592. The van der Waals surface area contributed by atoms with Gasteiger partial charge in [0.15, 0.2) is 0 Å². The molecule has 1 amide bonds. The van der Waals surface area contributed by atoms with E-state index in [1.165, 1.54) is 37.1 Å². The normalized spacial score (nSPS) is 32.6. The molecule has 4 rings (SSSR count). The van der Waals surface area contributed by atoms with Crippen LogP contribution in [0.15, 0.2) is 35.4 Å². The van der Waals surface area contributed by atoms with E-state index in [-0.39, 0.29) is 12.0 Å².